The van der Waals surface area contributed by atoms with Gasteiger partial charge in [0.05, 0.1) is 23.0 Å². The number of nitrogens with one attached hydrogen (secondary N) is 3. The fraction of sp³-hybridized carbons (Fsp3) is 0.500. The number of hydrogen-bond donors (Lipinski definition) is 4. The zero-order valence-corrected chi connectivity index (χ0v) is 13.7. The third-order valence-corrected chi connectivity index (χ3v) is 4.21. The Hall–Kier alpha value is -1.15. The van der Waals surface area contributed by atoms with Crippen molar-refractivity contribution in [2.45, 2.75) is 32.4 Å². The average molecular weight is 357 g/mol. The van der Waals surface area contributed by atoms with Crippen LogP contribution in [0.3, 0.4) is 0 Å². The number of carbonyl (C=O) groups is 1. The van der Waals surface area contributed by atoms with Crippen LogP contribution in [0.1, 0.15) is 31.9 Å². The van der Waals surface area contributed by atoms with Crippen LogP contribution in [0.15, 0.2) is 22.7 Å². The number of hydrogen-bond acceptors (Lipinski definition) is 5. The van der Waals surface area contributed by atoms with E-state index in [4.69, 9.17) is 10.6 Å². The molecule has 0 spiro atoms. The molecule has 0 bridgehead atoms. The first-order valence-corrected chi connectivity index (χ1v) is 7.81. The van der Waals surface area contributed by atoms with Gasteiger partial charge in [0.25, 0.3) is 0 Å². The number of rotatable bonds is 5. The zero-order chi connectivity index (χ0) is 15.4. The van der Waals surface area contributed by atoms with Gasteiger partial charge in [-0.3, -0.25) is 15.6 Å². The zero-order valence-electron chi connectivity index (χ0n) is 12.2. The van der Waals surface area contributed by atoms with Crippen LogP contribution in [-0.4, -0.2) is 18.6 Å². The number of carbonyl (C=O) groups excluding carboxylic acids is 1. The molecule has 21 heavy (non-hydrogen) atoms. The second-order valence-electron chi connectivity index (χ2n) is 5.13. The molecule has 0 aliphatic carbocycles. The molecule has 5 N–H and O–H groups in total. The van der Waals surface area contributed by atoms with E-state index in [0.29, 0.717) is 6.61 Å². The molecule has 3 atom stereocenters. The molecule has 1 aromatic carbocycles. The Balaban J connectivity index is 2.21. The van der Waals surface area contributed by atoms with Gasteiger partial charge >= 0.3 is 0 Å². The summed E-state index contributed by atoms with van der Waals surface area (Å²) >= 11 is 3.52. The van der Waals surface area contributed by atoms with E-state index in [1.165, 1.54) is 0 Å². The standard InChI is InChI=1S/C14H21BrN4O2/c1-3-6-21-11-5-4-9(7-10(11)15)13-12(14(20)17-16)8(2)18-19-13/h4-5,7-8,12-13,18-19H,3,6,16H2,1-2H3,(H,17,20). The second-order valence-corrected chi connectivity index (χ2v) is 5.98. The molecule has 1 aliphatic heterocycles. The molecule has 0 aromatic heterocycles. The van der Waals surface area contributed by atoms with Crippen molar-refractivity contribution in [3.8, 4) is 5.75 Å². The number of hydrazine groups is 2. The van der Waals surface area contributed by atoms with E-state index in [-0.39, 0.29) is 23.9 Å². The molecule has 0 radical (unpaired) electrons. The van der Waals surface area contributed by atoms with Gasteiger partial charge in [-0.25, -0.2) is 11.3 Å². The van der Waals surface area contributed by atoms with E-state index < -0.39 is 0 Å². The molecule has 2 rings (SSSR count). The third kappa shape index (κ3) is 3.55. The smallest absolute Gasteiger partial charge is 0.240 e. The maximum Gasteiger partial charge on any atom is 0.240 e. The monoisotopic (exact) mass is 356 g/mol. The lowest BCUT2D eigenvalue weighted by Crippen LogP contribution is -2.41. The number of amides is 1. The van der Waals surface area contributed by atoms with Gasteiger partial charge in [-0.15, -0.1) is 0 Å². The Labute approximate surface area is 132 Å². The largest absolute Gasteiger partial charge is 0.492 e. The summed E-state index contributed by atoms with van der Waals surface area (Å²) in [5, 5.41) is 0. The first kappa shape index (κ1) is 16.2. The van der Waals surface area contributed by atoms with Gasteiger partial charge in [0.2, 0.25) is 5.91 Å². The normalized spacial score (nSPS) is 24.9. The summed E-state index contributed by atoms with van der Waals surface area (Å²) in [5.41, 5.74) is 9.47. The summed E-state index contributed by atoms with van der Waals surface area (Å²) in [4.78, 5) is 11.9. The predicted octanol–water partition coefficient (Wildman–Crippen LogP) is 1.38. The fourth-order valence-corrected chi connectivity index (χ4v) is 3.01. The van der Waals surface area contributed by atoms with E-state index in [2.05, 4.69) is 39.1 Å². The summed E-state index contributed by atoms with van der Waals surface area (Å²) in [7, 11) is 0. The van der Waals surface area contributed by atoms with Crippen LogP contribution < -0.4 is 26.9 Å². The molecule has 1 fully saturated rings. The van der Waals surface area contributed by atoms with Crippen LogP contribution in [0.25, 0.3) is 0 Å². The van der Waals surface area contributed by atoms with Gasteiger partial charge in [0.15, 0.2) is 0 Å². The Morgan fingerprint density at radius 2 is 2.24 bits per heavy atom. The maximum absolute atomic E-state index is 11.9. The van der Waals surface area contributed by atoms with Crippen molar-refractivity contribution in [2.75, 3.05) is 6.61 Å². The Morgan fingerprint density at radius 3 is 2.86 bits per heavy atom. The second kappa shape index (κ2) is 7.22. The summed E-state index contributed by atoms with van der Waals surface area (Å²) in [6, 6.07) is 5.70. The van der Waals surface area contributed by atoms with Crippen LogP contribution in [0.4, 0.5) is 0 Å². The van der Waals surface area contributed by atoms with Crippen molar-refractivity contribution in [2.24, 2.45) is 11.8 Å². The highest BCUT2D eigenvalue weighted by atomic mass is 79.9. The fourth-order valence-electron chi connectivity index (χ4n) is 2.49. The molecule has 7 heteroatoms. The van der Waals surface area contributed by atoms with Gasteiger partial charge in [-0.1, -0.05) is 13.0 Å². The van der Waals surface area contributed by atoms with Crippen molar-refractivity contribution in [3.63, 3.8) is 0 Å². The summed E-state index contributed by atoms with van der Waals surface area (Å²) in [6.07, 6.45) is 0.957. The number of benzene rings is 1. The molecule has 3 unspecified atom stereocenters. The van der Waals surface area contributed by atoms with E-state index >= 15 is 0 Å². The van der Waals surface area contributed by atoms with Crippen molar-refractivity contribution in [3.05, 3.63) is 28.2 Å². The van der Waals surface area contributed by atoms with Crippen molar-refractivity contribution < 1.29 is 9.53 Å². The average Bonchev–Trinajstić information content (AvgIpc) is 2.87. The topological polar surface area (TPSA) is 88.4 Å². The van der Waals surface area contributed by atoms with Gasteiger partial charge < -0.3 is 4.74 Å². The van der Waals surface area contributed by atoms with Gasteiger partial charge in [-0.2, -0.15) is 0 Å². The molecule has 0 saturated carbocycles. The van der Waals surface area contributed by atoms with E-state index in [1.807, 2.05) is 25.1 Å². The van der Waals surface area contributed by atoms with Gasteiger partial charge in [0.1, 0.15) is 5.75 Å². The van der Waals surface area contributed by atoms with Crippen LogP contribution in [-0.2, 0) is 4.79 Å². The quantitative estimate of drug-likeness (QED) is 0.363. The van der Waals surface area contributed by atoms with Crippen LogP contribution in [0.5, 0.6) is 5.75 Å². The van der Waals surface area contributed by atoms with E-state index in [0.717, 1.165) is 22.2 Å². The highest BCUT2D eigenvalue weighted by Crippen LogP contribution is 2.33. The minimum atomic E-state index is -0.274. The van der Waals surface area contributed by atoms with Crippen molar-refractivity contribution >= 4 is 21.8 Å². The van der Waals surface area contributed by atoms with Crippen molar-refractivity contribution in [1.29, 1.82) is 0 Å². The lowest BCUT2D eigenvalue weighted by Gasteiger charge is -2.20. The van der Waals surface area contributed by atoms with Gasteiger partial charge in [0, 0.05) is 6.04 Å². The molecular weight excluding hydrogens is 336 g/mol. The Morgan fingerprint density at radius 1 is 1.48 bits per heavy atom. The lowest BCUT2D eigenvalue weighted by molar-refractivity contribution is -0.125. The minimum Gasteiger partial charge on any atom is -0.492 e. The molecule has 116 valence electrons. The van der Waals surface area contributed by atoms with Crippen molar-refractivity contribution in [1.82, 2.24) is 16.3 Å². The van der Waals surface area contributed by atoms with Gasteiger partial charge in [-0.05, 0) is 47.0 Å². The summed E-state index contributed by atoms with van der Waals surface area (Å²) < 4.78 is 6.51. The predicted molar refractivity (Wildman–Crippen MR) is 84.2 cm³/mol. The highest BCUT2D eigenvalue weighted by molar-refractivity contribution is 9.10. The molecular formula is C14H21BrN4O2. The first-order valence-electron chi connectivity index (χ1n) is 7.02. The molecule has 1 amide bonds. The molecule has 1 saturated heterocycles. The molecule has 6 nitrogen and oxygen atoms in total. The van der Waals surface area contributed by atoms with Crippen LogP contribution in [0.2, 0.25) is 0 Å². The van der Waals surface area contributed by atoms with E-state index in [9.17, 15) is 4.79 Å². The van der Waals surface area contributed by atoms with E-state index in [1.54, 1.807) is 0 Å². The summed E-state index contributed by atoms with van der Waals surface area (Å²) in [5.74, 6) is 5.62. The minimum absolute atomic E-state index is 0.00616. The number of halogens is 1. The van der Waals surface area contributed by atoms with Crippen LogP contribution >= 0.6 is 15.9 Å². The lowest BCUT2D eigenvalue weighted by atomic mass is 9.89. The van der Waals surface area contributed by atoms with Crippen LogP contribution in [0, 0.1) is 5.92 Å². The SMILES string of the molecule is CCCOc1ccc(C2NNC(C)C2C(=O)NN)cc1Br. The summed E-state index contributed by atoms with van der Waals surface area (Å²) in [6.45, 7) is 4.69. The first-order chi connectivity index (χ1) is 10.1. The number of nitrogens with two attached hydrogens (primary N) is 1. The Kier molecular flexibility index (Phi) is 5.58. The maximum atomic E-state index is 11.9. The Bertz CT molecular complexity index is 512. The highest BCUT2D eigenvalue weighted by Gasteiger charge is 2.39. The molecule has 1 aromatic rings. The number of ether oxygens (including phenoxy) is 1. The third-order valence-electron chi connectivity index (χ3n) is 3.59. The molecule has 1 heterocycles. The molecule has 1 aliphatic rings.